The summed E-state index contributed by atoms with van der Waals surface area (Å²) in [5.74, 6) is -0.0668. The molecule has 1 heterocycles. The summed E-state index contributed by atoms with van der Waals surface area (Å²) in [6, 6.07) is 0. The number of hydrogen-bond donors (Lipinski definition) is 2. The Bertz CT molecular complexity index is 219. The fraction of sp³-hybridized carbons (Fsp3) is 0.900. The highest BCUT2D eigenvalue weighted by Gasteiger charge is 2.35. The third-order valence-corrected chi connectivity index (χ3v) is 3.10. The minimum absolute atomic E-state index is 0.0668. The normalized spacial score (nSPS) is 29.6. The number of amides is 1. The molecule has 0 aromatic heterocycles. The lowest BCUT2D eigenvalue weighted by atomic mass is 9.80. The number of ether oxygens (including phenoxy) is 1. The molecule has 1 aliphatic heterocycles. The number of aliphatic hydroxyl groups is 1. The van der Waals surface area contributed by atoms with Crippen LogP contribution in [0.4, 0.5) is 0 Å². The van der Waals surface area contributed by atoms with Crippen LogP contribution >= 0.6 is 0 Å². The van der Waals surface area contributed by atoms with Gasteiger partial charge in [-0.2, -0.15) is 0 Å². The molecule has 0 unspecified atom stereocenters. The second-order valence-corrected chi connectivity index (χ2v) is 4.30. The van der Waals surface area contributed by atoms with E-state index in [9.17, 15) is 9.90 Å². The van der Waals surface area contributed by atoms with Gasteiger partial charge >= 0.3 is 0 Å². The highest BCUT2D eigenvalue weighted by atomic mass is 16.5. The third-order valence-electron chi connectivity index (χ3n) is 3.10. The van der Waals surface area contributed by atoms with Gasteiger partial charge in [-0.15, -0.1) is 0 Å². The van der Waals surface area contributed by atoms with E-state index >= 15 is 0 Å². The molecule has 0 aromatic rings. The monoisotopic (exact) mass is 199 g/mol. The molecule has 2 aliphatic rings. The van der Waals surface area contributed by atoms with Crippen molar-refractivity contribution >= 4 is 5.91 Å². The van der Waals surface area contributed by atoms with Gasteiger partial charge in [0, 0.05) is 13.2 Å². The molecule has 14 heavy (non-hydrogen) atoms. The summed E-state index contributed by atoms with van der Waals surface area (Å²) in [5.41, 5.74) is -0.631. The number of nitrogens with one attached hydrogen (secondary N) is 1. The first-order valence-electron chi connectivity index (χ1n) is 5.31. The SMILES string of the molecule is O=C(NCC1(O)CCC1)[C@@H]1CCCO1. The van der Waals surface area contributed by atoms with E-state index in [0.717, 1.165) is 32.1 Å². The quantitative estimate of drug-likeness (QED) is 0.682. The van der Waals surface area contributed by atoms with Crippen molar-refractivity contribution in [2.24, 2.45) is 0 Å². The molecule has 1 saturated carbocycles. The molecule has 1 amide bonds. The van der Waals surface area contributed by atoms with Crippen LogP contribution in [0.25, 0.3) is 0 Å². The molecule has 1 atom stereocenters. The molecule has 2 fully saturated rings. The molecule has 0 radical (unpaired) electrons. The van der Waals surface area contributed by atoms with E-state index in [1.807, 2.05) is 0 Å². The van der Waals surface area contributed by atoms with Gasteiger partial charge in [0.25, 0.3) is 0 Å². The summed E-state index contributed by atoms with van der Waals surface area (Å²) >= 11 is 0. The van der Waals surface area contributed by atoms with E-state index in [2.05, 4.69) is 5.32 Å². The molecule has 0 aromatic carbocycles. The van der Waals surface area contributed by atoms with Crippen molar-refractivity contribution < 1.29 is 14.6 Å². The molecule has 80 valence electrons. The summed E-state index contributed by atoms with van der Waals surface area (Å²) in [5, 5.41) is 12.5. The number of carbonyl (C=O) groups is 1. The van der Waals surface area contributed by atoms with Crippen LogP contribution in [0.1, 0.15) is 32.1 Å². The molecule has 4 heteroatoms. The van der Waals surface area contributed by atoms with Crippen molar-refractivity contribution in [3.05, 3.63) is 0 Å². The zero-order valence-electron chi connectivity index (χ0n) is 8.29. The minimum Gasteiger partial charge on any atom is -0.388 e. The van der Waals surface area contributed by atoms with E-state index in [4.69, 9.17) is 4.74 Å². The summed E-state index contributed by atoms with van der Waals surface area (Å²) in [7, 11) is 0. The van der Waals surface area contributed by atoms with Gasteiger partial charge in [0.15, 0.2) is 0 Å². The number of rotatable bonds is 3. The van der Waals surface area contributed by atoms with E-state index in [0.29, 0.717) is 13.2 Å². The van der Waals surface area contributed by atoms with Crippen LogP contribution in [-0.4, -0.2) is 35.9 Å². The van der Waals surface area contributed by atoms with Crippen molar-refractivity contribution in [3.63, 3.8) is 0 Å². The average molecular weight is 199 g/mol. The van der Waals surface area contributed by atoms with Crippen molar-refractivity contribution in [2.45, 2.75) is 43.8 Å². The van der Waals surface area contributed by atoms with Gasteiger partial charge < -0.3 is 15.2 Å². The van der Waals surface area contributed by atoms with Gasteiger partial charge in [-0.25, -0.2) is 0 Å². The van der Waals surface area contributed by atoms with Crippen LogP contribution in [0.3, 0.4) is 0 Å². The predicted molar refractivity (Wildman–Crippen MR) is 50.8 cm³/mol. The Morgan fingerprint density at radius 1 is 1.50 bits per heavy atom. The first-order valence-corrected chi connectivity index (χ1v) is 5.31. The summed E-state index contributed by atoms with van der Waals surface area (Å²) in [6.45, 7) is 1.06. The molecule has 1 saturated heterocycles. The highest BCUT2D eigenvalue weighted by molar-refractivity contribution is 5.81. The third kappa shape index (κ3) is 2.07. The molecule has 2 N–H and O–H groups in total. The minimum atomic E-state index is -0.631. The maximum absolute atomic E-state index is 11.5. The molecule has 4 nitrogen and oxygen atoms in total. The van der Waals surface area contributed by atoms with Crippen LogP contribution in [0.15, 0.2) is 0 Å². The predicted octanol–water partition coefficient (Wildman–Crippen LogP) is 0.197. The molecule has 2 rings (SSSR count). The number of carbonyl (C=O) groups excluding carboxylic acids is 1. The van der Waals surface area contributed by atoms with Crippen molar-refractivity contribution in [1.82, 2.24) is 5.32 Å². The van der Waals surface area contributed by atoms with Gasteiger partial charge in [0.05, 0.1) is 5.60 Å². The maximum atomic E-state index is 11.5. The fourth-order valence-electron chi connectivity index (χ4n) is 1.91. The van der Waals surface area contributed by atoms with Crippen LogP contribution in [-0.2, 0) is 9.53 Å². The summed E-state index contributed by atoms with van der Waals surface area (Å²) in [4.78, 5) is 11.5. The number of hydrogen-bond acceptors (Lipinski definition) is 3. The second-order valence-electron chi connectivity index (χ2n) is 4.30. The smallest absolute Gasteiger partial charge is 0.249 e. The zero-order chi connectivity index (χ0) is 10.0. The Kier molecular flexibility index (Phi) is 2.74. The standard InChI is InChI=1S/C10H17NO3/c12-9(8-3-1-6-14-8)11-7-10(13)4-2-5-10/h8,13H,1-7H2,(H,11,12)/t8-/m0/s1. The molecule has 0 spiro atoms. The molecule has 1 aliphatic carbocycles. The van der Waals surface area contributed by atoms with Crippen molar-refractivity contribution in [1.29, 1.82) is 0 Å². The first-order chi connectivity index (χ1) is 6.70. The fourth-order valence-corrected chi connectivity index (χ4v) is 1.91. The van der Waals surface area contributed by atoms with Gasteiger partial charge in [-0.05, 0) is 32.1 Å². The van der Waals surface area contributed by atoms with E-state index in [1.165, 1.54) is 0 Å². The van der Waals surface area contributed by atoms with Crippen LogP contribution in [0, 0.1) is 0 Å². The van der Waals surface area contributed by atoms with Gasteiger partial charge in [0.1, 0.15) is 6.10 Å². The summed E-state index contributed by atoms with van der Waals surface area (Å²) in [6.07, 6.45) is 4.16. The van der Waals surface area contributed by atoms with Crippen molar-refractivity contribution in [3.8, 4) is 0 Å². The first kappa shape index (κ1) is 9.93. The van der Waals surface area contributed by atoms with Gasteiger partial charge in [-0.1, -0.05) is 0 Å². The van der Waals surface area contributed by atoms with Gasteiger partial charge in [0.2, 0.25) is 5.91 Å². The second kappa shape index (κ2) is 3.87. The van der Waals surface area contributed by atoms with E-state index in [1.54, 1.807) is 0 Å². The average Bonchev–Trinajstić information content (AvgIpc) is 2.63. The van der Waals surface area contributed by atoms with Crippen LogP contribution in [0.2, 0.25) is 0 Å². The zero-order valence-corrected chi connectivity index (χ0v) is 8.29. The topological polar surface area (TPSA) is 58.6 Å². The Hall–Kier alpha value is -0.610. The Balaban J connectivity index is 1.71. The lowest BCUT2D eigenvalue weighted by Crippen LogP contribution is -2.49. The lowest BCUT2D eigenvalue weighted by molar-refractivity contribution is -0.132. The summed E-state index contributed by atoms with van der Waals surface area (Å²) < 4.78 is 5.24. The largest absolute Gasteiger partial charge is 0.388 e. The van der Waals surface area contributed by atoms with Crippen LogP contribution < -0.4 is 5.32 Å². The maximum Gasteiger partial charge on any atom is 0.249 e. The van der Waals surface area contributed by atoms with Gasteiger partial charge in [-0.3, -0.25) is 4.79 Å². The van der Waals surface area contributed by atoms with E-state index < -0.39 is 5.60 Å². The van der Waals surface area contributed by atoms with E-state index in [-0.39, 0.29) is 12.0 Å². The van der Waals surface area contributed by atoms with Crippen molar-refractivity contribution in [2.75, 3.05) is 13.2 Å². The molecule has 0 bridgehead atoms. The molecular weight excluding hydrogens is 182 g/mol. The Morgan fingerprint density at radius 2 is 2.29 bits per heavy atom. The Morgan fingerprint density at radius 3 is 2.79 bits per heavy atom. The lowest BCUT2D eigenvalue weighted by Gasteiger charge is -2.36. The van der Waals surface area contributed by atoms with Crippen LogP contribution in [0.5, 0.6) is 0 Å². The highest BCUT2D eigenvalue weighted by Crippen LogP contribution is 2.30. The molecular formula is C10H17NO3. The Labute approximate surface area is 83.6 Å².